The van der Waals surface area contributed by atoms with Crippen LogP contribution in [0.25, 0.3) is 0 Å². The summed E-state index contributed by atoms with van der Waals surface area (Å²) in [4.78, 5) is 24.5. The number of nitrogens with zero attached hydrogens (tertiary/aromatic N) is 1. The number of hydrogen-bond acceptors (Lipinski definition) is 3. The molecule has 0 saturated carbocycles. The molecule has 0 radical (unpaired) electrons. The molecule has 114 valence electrons. The summed E-state index contributed by atoms with van der Waals surface area (Å²) in [5, 5.41) is 12.4. The highest BCUT2D eigenvalue weighted by Crippen LogP contribution is 2.23. The monoisotopic (exact) mass is 298 g/mol. The van der Waals surface area contributed by atoms with Crippen molar-refractivity contribution in [2.24, 2.45) is 0 Å². The van der Waals surface area contributed by atoms with E-state index in [2.05, 4.69) is 5.32 Å². The van der Waals surface area contributed by atoms with E-state index in [-0.39, 0.29) is 0 Å². The third-order valence-electron chi connectivity index (χ3n) is 3.37. The van der Waals surface area contributed by atoms with Crippen LogP contribution in [0.1, 0.15) is 31.4 Å². The topological polar surface area (TPSA) is 69.6 Å². The molecular formula is C14H16F2N2O3. The Kier molecular flexibility index (Phi) is 4.52. The molecule has 2 rings (SSSR count). The number of nitrogens with one attached hydrogen (secondary N) is 1. The van der Waals surface area contributed by atoms with Gasteiger partial charge in [0.2, 0.25) is 0 Å². The first kappa shape index (κ1) is 15.4. The van der Waals surface area contributed by atoms with Gasteiger partial charge in [-0.3, -0.25) is 9.69 Å². The number of aliphatic hydroxyl groups is 1. The van der Waals surface area contributed by atoms with Gasteiger partial charge in [-0.1, -0.05) is 19.4 Å². The Labute approximate surface area is 120 Å². The second kappa shape index (κ2) is 6.17. The van der Waals surface area contributed by atoms with E-state index in [1.807, 2.05) is 6.92 Å². The van der Waals surface area contributed by atoms with E-state index < -0.39 is 47.8 Å². The molecule has 5 nitrogen and oxygen atoms in total. The number of urea groups is 1. The standard InChI is InChI=1S/C14H16F2N2O3/c1-2-4-10-13(20)18(14(21)17-10)7-11(19)12-8(15)5-3-6-9(12)16/h3,5-6,10-11,19H,2,4,7H2,1H3,(H,17,21). The van der Waals surface area contributed by atoms with Crippen molar-refractivity contribution in [2.45, 2.75) is 31.9 Å². The molecule has 21 heavy (non-hydrogen) atoms. The Hall–Kier alpha value is -2.02. The van der Waals surface area contributed by atoms with Crippen LogP contribution in [0.15, 0.2) is 18.2 Å². The molecule has 3 amide bonds. The molecular weight excluding hydrogens is 282 g/mol. The lowest BCUT2D eigenvalue weighted by atomic mass is 10.1. The van der Waals surface area contributed by atoms with Gasteiger partial charge in [-0.25, -0.2) is 13.6 Å². The SMILES string of the molecule is CCCC1NC(=O)N(CC(O)c2c(F)cccc2F)C1=O. The van der Waals surface area contributed by atoms with E-state index in [0.717, 1.165) is 17.0 Å². The third kappa shape index (κ3) is 3.02. The minimum absolute atomic E-state index is 0.477. The molecule has 1 fully saturated rings. The maximum absolute atomic E-state index is 13.6. The lowest BCUT2D eigenvalue weighted by Gasteiger charge is -2.18. The zero-order chi connectivity index (χ0) is 15.6. The summed E-state index contributed by atoms with van der Waals surface area (Å²) in [6, 6.07) is 1.89. The highest BCUT2D eigenvalue weighted by molar-refractivity contribution is 6.04. The number of carbonyl (C=O) groups excluding carboxylic acids is 2. The van der Waals surface area contributed by atoms with Crippen LogP contribution in [0.4, 0.5) is 13.6 Å². The zero-order valence-electron chi connectivity index (χ0n) is 11.5. The summed E-state index contributed by atoms with van der Waals surface area (Å²) in [6.07, 6.45) is -0.429. The van der Waals surface area contributed by atoms with Gasteiger partial charge in [-0.05, 0) is 18.6 Å². The number of imide groups is 1. The van der Waals surface area contributed by atoms with Crippen LogP contribution in [-0.4, -0.2) is 34.5 Å². The lowest BCUT2D eigenvalue weighted by molar-refractivity contribution is -0.128. The number of amides is 3. The van der Waals surface area contributed by atoms with Crippen molar-refractivity contribution in [3.05, 3.63) is 35.4 Å². The van der Waals surface area contributed by atoms with Crippen LogP contribution >= 0.6 is 0 Å². The van der Waals surface area contributed by atoms with E-state index in [4.69, 9.17) is 0 Å². The second-order valence-corrected chi connectivity index (χ2v) is 4.89. The van der Waals surface area contributed by atoms with Crippen LogP contribution in [-0.2, 0) is 4.79 Å². The number of rotatable bonds is 5. The van der Waals surface area contributed by atoms with Gasteiger partial charge in [0.25, 0.3) is 5.91 Å². The summed E-state index contributed by atoms with van der Waals surface area (Å²) in [6.45, 7) is 1.38. The second-order valence-electron chi connectivity index (χ2n) is 4.89. The molecule has 1 aromatic rings. The maximum Gasteiger partial charge on any atom is 0.324 e. The molecule has 1 aliphatic rings. The van der Waals surface area contributed by atoms with Gasteiger partial charge in [0.05, 0.1) is 12.1 Å². The average Bonchev–Trinajstić information content (AvgIpc) is 2.67. The van der Waals surface area contributed by atoms with Crippen LogP contribution < -0.4 is 5.32 Å². The van der Waals surface area contributed by atoms with Crippen molar-refractivity contribution in [1.82, 2.24) is 10.2 Å². The number of β-amino-alcohol motifs (C(OH)–C–C–N with tert-alkyl or cyclic N) is 1. The number of aliphatic hydroxyl groups excluding tert-OH is 1. The maximum atomic E-state index is 13.6. The minimum Gasteiger partial charge on any atom is -0.386 e. The van der Waals surface area contributed by atoms with Gasteiger partial charge < -0.3 is 10.4 Å². The molecule has 0 aromatic heterocycles. The molecule has 7 heteroatoms. The summed E-state index contributed by atoms with van der Waals surface area (Å²) < 4.78 is 27.1. The predicted octanol–water partition coefficient (Wildman–Crippen LogP) is 1.72. The van der Waals surface area contributed by atoms with Gasteiger partial charge in [-0.15, -0.1) is 0 Å². The summed E-state index contributed by atoms with van der Waals surface area (Å²) in [5.74, 6) is -2.32. The number of benzene rings is 1. The summed E-state index contributed by atoms with van der Waals surface area (Å²) >= 11 is 0. The van der Waals surface area contributed by atoms with Crippen molar-refractivity contribution in [3.63, 3.8) is 0 Å². The quantitative estimate of drug-likeness (QED) is 0.813. The average molecular weight is 298 g/mol. The highest BCUT2D eigenvalue weighted by Gasteiger charge is 2.38. The van der Waals surface area contributed by atoms with E-state index in [9.17, 15) is 23.5 Å². The van der Waals surface area contributed by atoms with Gasteiger partial charge >= 0.3 is 6.03 Å². The molecule has 0 spiro atoms. The lowest BCUT2D eigenvalue weighted by Crippen LogP contribution is -2.35. The van der Waals surface area contributed by atoms with Gasteiger partial charge in [0.1, 0.15) is 23.8 Å². The number of hydrogen-bond donors (Lipinski definition) is 2. The van der Waals surface area contributed by atoms with Crippen LogP contribution in [0, 0.1) is 11.6 Å². The molecule has 2 unspecified atom stereocenters. The van der Waals surface area contributed by atoms with Crippen molar-refractivity contribution in [3.8, 4) is 0 Å². The summed E-state index contributed by atoms with van der Waals surface area (Å²) in [7, 11) is 0. The largest absolute Gasteiger partial charge is 0.386 e. The van der Waals surface area contributed by atoms with Crippen molar-refractivity contribution in [2.75, 3.05) is 6.54 Å². The smallest absolute Gasteiger partial charge is 0.324 e. The fourth-order valence-electron chi connectivity index (χ4n) is 2.33. The Morgan fingerprint density at radius 1 is 1.33 bits per heavy atom. The van der Waals surface area contributed by atoms with E-state index in [1.165, 1.54) is 6.07 Å². The Morgan fingerprint density at radius 2 is 1.95 bits per heavy atom. The Balaban J connectivity index is 2.14. The minimum atomic E-state index is -1.61. The Bertz CT molecular complexity index is 545. The van der Waals surface area contributed by atoms with E-state index in [1.54, 1.807) is 0 Å². The number of carbonyl (C=O) groups is 2. The van der Waals surface area contributed by atoms with Crippen LogP contribution in [0.5, 0.6) is 0 Å². The van der Waals surface area contributed by atoms with Crippen molar-refractivity contribution < 1.29 is 23.5 Å². The first-order valence-corrected chi connectivity index (χ1v) is 6.69. The molecule has 0 bridgehead atoms. The normalized spacial score (nSPS) is 19.8. The summed E-state index contributed by atoms with van der Waals surface area (Å²) in [5.41, 5.74) is -0.544. The first-order chi connectivity index (χ1) is 9.95. The molecule has 1 heterocycles. The fourth-order valence-corrected chi connectivity index (χ4v) is 2.33. The fraction of sp³-hybridized carbons (Fsp3) is 0.429. The van der Waals surface area contributed by atoms with Crippen LogP contribution in [0.2, 0.25) is 0 Å². The predicted molar refractivity (Wildman–Crippen MR) is 70.3 cm³/mol. The molecule has 1 saturated heterocycles. The molecule has 1 aliphatic heterocycles. The highest BCUT2D eigenvalue weighted by atomic mass is 19.1. The molecule has 0 aliphatic carbocycles. The molecule has 2 N–H and O–H groups in total. The number of halogens is 2. The van der Waals surface area contributed by atoms with Crippen molar-refractivity contribution in [1.29, 1.82) is 0 Å². The van der Waals surface area contributed by atoms with Gasteiger partial charge in [0, 0.05) is 0 Å². The van der Waals surface area contributed by atoms with Crippen LogP contribution in [0.3, 0.4) is 0 Å². The first-order valence-electron chi connectivity index (χ1n) is 6.69. The van der Waals surface area contributed by atoms with E-state index >= 15 is 0 Å². The van der Waals surface area contributed by atoms with Gasteiger partial charge in [0.15, 0.2) is 0 Å². The van der Waals surface area contributed by atoms with Crippen molar-refractivity contribution >= 4 is 11.9 Å². The molecule has 1 aromatic carbocycles. The molecule has 2 atom stereocenters. The Morgan fingerprint density at radius 3 is 2.52 bits per heavy atom. The van der Waals surface area contributed by atoms with E-state index in [0.29, 0.717) is 12.8 Å². The van der Waals surface area contributed by atoms with Gasteiger partial charge in [-0.2, -0.15) is 0 Å². The zero-order valence-corrected chi connectivity index (χ0v) is 11.5. The third-order valence-corrected chi connectivity index (χ3v) is 3.37.